The first-order valence-corrected chi connectivity index (χ1v) is 12.0. The number of carboxylic acid groups (broad SMARTS) is 1. The van der Waals surface area contributed by atoms with E-state index < -0.39 is 12.0 Å². The molecule has 0 aliphatic carbocycles. The highest BCUT2D eigenvalue weighted by atomic mass is 16.5. The van der Waals surface area contributed by atoms with Gasteiger partial charge in [0, 0.05) is 11.3 Å². The number of hydrogen-bond donors (Lipinski definition) is 1. The molecule has 6 heteroatoms. The molecular weight excluding hydrogens is 464 g/mol. The summed E-state index contributed by atoms with van der Waals surface area (Å²) in [5.74, 6) is 0.606. The lowest BCUT2D eigenvalue weighted by atomic mass is 9.95. The molecule has 0 saturated heterocycles. The fourth-order valence-corrected chi connectivity index (χ4v) is 4.63. The minimum Gasteiger partial charge on any atom is -0.497 e. The summed E-state index contributed by atoms with van der Waals surface area (Å²) in [5.41, 5.74) is 7.12. The van der Waals surface area contributed by atoms with E-state index in [1.807, 2.05) is 92.7 Å². The van der Waals surface area contributed by atoms with E-state index in [0.717, 1.165) is 45.0 Å². The molecule has 6 nitrogen and oxygen atoms in total. The third-order valence-corrected chi connectivity index (χ3v) is 6.39. The first-order chi connectivity index (χ1) is 17.9. The minimum atomic E-state index is -0.930. The van der Waals surface area contributed by atoms with Gasteiger partial charge in [-0.2, -0.15) is 0 Å². The topological polar surface area (TPSA) is 71.4 Å². The van der Waals surface area contributed by atoms with Gasteiger partial charge in [0.05, 0.1) is 19.1 Å². The van der Waals surface area contributed by atoms with Gasteiger partial charge in [0.15, 0.2) is 6.04 Å². The number of ether oxygens (including phenoxy) is 2. The summed E-state index contributed by atoms with van der Waals surface area (Å²) in [7, 11) is 1.64. The van der Waals surface area contributed by atoms with Crippen LogP contribution in [0, 0.1) is 13.8 Å². The number of aryl methyl sites for hydroxylation is 2. The van der Waals surface area contributed by atoms with Gasteiger partial charge in [0.1, 0.15) is 18.1 Å². The third-order valence-electron chi connectivity index (χ3n) is 6.39. The second kappa shape index (κ2) is 10.2. The van der Waals surface area contributed by atoms with Crippen LogP contribution in [0.25, 0.3) is 11.1 Å². The summed E-state index contributed by atoms with van der Waals surface area (Å²) in [6, 6.07) is 26.5. The molecule has 0 bridgehead atoms. The van der Waals surface area contributed by atoms with Crippen molar-refractivity contribution in [1.82, 2.24) is 0 Å². The number of aliphatic imine (C=N–C) groups is 1. The Balaban J connectivity index is 1.43. The maximum absolute atomic E-state index is 12.5. The molecule has 1 N–H and O–H groups in total. The van der Waals surface area contributed by atoms with Gasteiger partial charge in [-0.15, -0.1) is 0 Å². The molecule has 0 radical (unpaired) electrons. The Morgan fingerprint density at radius 1 is 0.892 bits per heavy atom. The van der Waals surface area contributed by atoms with Crippen LogP contribution in [0.3, 0.4) is 0 Å². The molecule has 0 spiro atoms. The lowest BCUT2D eigenvalue weighted by molar-refractivity contribution is -0.138. The van der Waals surface area contributed by atoms with Crippen molar-refractivity contribution in [3.05, 3.63) is 107 Å². The third kappa shape index (κ3) is 5.19. The Labute approximate surface area is 216 Å². The molecule has 0 saturated carbocycles. The predicted molar refractivity (Wildman–Crippen MR) is 146 cm³/mol. The van der Waals surface area contributed by atoms with Crippen molar-refractivity contribution >= 4 is 23.7 Å². The Hall–Kier alpha value is -4.58. The van der Waals surface area contributed by atoms with Gasteiger partial charge in [0.2, 0.25) is 0 Å². The molecule has 1 aliphatic rings. The SMILES string of the molecule is COc1ccc(COc2cccc(-c3ccc4c(c3)C(C(=O)O)N(c3cc(C)cc(C)c3)C=N4)c2)cc1. The van der Waals surface area contributed by atoms with Crippen molar-refractivity contribution < 1.29 is 19.4 Å². The van der Waals surface area contributed by atoms with E-state index in [1.165, 1.54) is 0 Å². The van der Waals surface area contributed by atoms with Gasteiger partial charge < -0.3 is 19.5 Å². The molecule has 37 heavy (non-hydrogen) atoms. The first-order valence-electron chi connectivity index (χ1n) is 12.0. The fraction of sp³-hybridized carbons (Fsp3) is 0.161. The molecule has 186 valence electrons. The Morgan fingerprint density at radius 2 is 1.62 bits per heavy atom. The molecule has 0 aromatic heterocycles. The second-order valence-electron chi connectivity index (χ2n) is 9.18. The van der Waals surface area contributed by atoms with Crippen LogP contribution in [0.2, 0.25) is 0 Å². The van der Waals surface area contributed by atoms with Crippen LogP contribution in [0.5, 0.6) is 11.5 Å². The zero-order chi connectivity index (χ0) is 25.9. The van der Waals surface area contributed by atoms with Crippen LogP contribution in [-0.2, 0) is 11.4 Å². The lowest BCUT2D eigenvalue weighted by Crippen LogP contribution is -2.35. The van der Waals surface area contributed by atoms with Crippen molar-refractivity contribution in [3.63, 3.8) is 0 Å². The van der Waals surface area contributed by atoms with Gasteiger partial charge in [0.25, 0.3) is 0 Å². The summed E-state index contributed by atoms with van der Waals surface area (Å²) < 4.78 is 11.2. The summed E-state index contributed by atoms with van der Waals surface area (Å²) in [4.78, 5) is 18.8. The number of fused-ring (bicyclic) bond motifs is 1. The normalized spacial score (nSPS) is 14.2. The first kappa shape index (κ1) is 24.1. The Bertz CT molecular complexity index is 1460. The number of carbonyl (C=O) groups is 1. The quantitative estimate of drug-likeness (QED) is 0.305. The largest absolute Gasteiger partial charge is 0.497 e. The van der Waals surface area contributed by atoms with Gasteiger partial charge in [-0.3, -0.25) is 0 Å². The van der Waals surface area contributed by atoms with Crippen LogP contribution < -0.4 is 14.4 Å². The molecule has 4 aromatic rings. The average molecular weight is 493 g/mol. The number of hydrogen-bond acceptors (Lipinski definition) is 5. The van der Waals surface area contributed by atoms with E-state index in [0.29, 0.717) is 17.9 Å². The number of rotatable bonds is 7. The number of methoxy groups -OCH3 is 1. The Kier molecular flexibility index (Phi) is 6.64. The van der Waals surface area contributed by atoms with E-state index >= 15 is 0 Å². The molecule has 0 amide bonds. The zero-order valence-electron chi connectivity index (χ0n) is 21.0. The summed E-state index contributed by atoms with van der Waals surface area (Å²) in [6.45, 7) is 4.44. The van der Waals surface area contributed by atoms with E-state index in [2.05, 4.69) is 11.1 Å². The average Bonchev–Trinajstić information content (AvgIpc) is 2.90. The van der Waals surface area contributed by atoms with E-state index in [1.54, 1.807) is 18.3 Å². The van der Waals surface area contributed by atoms with E-state index in [4.69, 9.17) is 9.47 Å². The highest BCUT2D eigenvalue weighted by molar-refractivity contribution is 5.96. The monoisotopic (exact) mass is 492 g/mol. The van der Waals surface area contributed by atoms with Crippen molar-refractivity contribution in [2.24, 2.45) is 4.99 Å². The van der Waals surface area contributed by atoms with Crippen LogP contribution >= 0.6 is 0 Å². The standard InChI is InChI=1S/C31H28N2O4/c1-20-13-21(2)15-25(14-20)33-19-32-29-12-9-24(17-28(29)30(33)31(34)35)23-5-4-6-27(16-23)37-18-22-7-10-26(36-3)11-8-22/h4-17,19,30H,18H2,1-3H3,(H,34,35). The molecule has 1 atom stereocenters. The van der Waals surface area contributed by atoms with Gasteiger partial charge in [-0.1, -0.05) is 36.4 Å². The summed E-state index contributed by atoms with van der Waals surface area (Å²) in [5, 5.41) is 10.2. The zero-order valence-corrected chi connectivity index (χ0v) is 21.0. The van der Waals surface area contributed by atoms with Crippen molar-refractivity contribution in [1.29, 1.82) is 0 Å². The minimum absolute atomic E-state index is 0.429. The van der Waals surface area contributed by atoms with Crippen molar-refractivity contribution in [3.8, 4) is 22.6 Å². The second-order valence-corrected chi connectivity index (χ2v) is 9.18. The maximum atomic E-state index is 12.5. The van der Waals surface area contributed by atoms with Gasteiger partial charge in [-0.05, 0) is 90.2 Å². The molecule has 0 fully saturated rings. The number of nitrogens with zero attached hydrogens (tertiary/aromatic N) is 2. The highest BCUT2D eigenvalue weighted by Gasteiger charge is 2.32. The number of carboxylic acids is 1. The number of aliphatic carboxylic acids is 1. The van der Waals surface area contributed by atoms with E-state index in [-0.39, 0.29) is 0 Å². The van der Waals surface area contributed by atoms with Crippen LogP contribution in [0.4, 0.5) is 11.4 Å². The fourth-order valence-electron chi connectivity index (χ4n) is 4.63. The highest BCUT2D eigenvalue weighted by Crippen LogP contribution is 2.39. The van der Waals surface area contributed by atoms with Crippen LogP contribution in [0.15, 0.2) is 89.9 Å². The van der Waals surface area contributed by atoms with Crippen molar-refractivity contribution in [2.45, 2.75) is 26.5 Å². The summed E-state index contributed by atoms with van der Waals surface area (Å²) >= 11 is 0. The van der Waals surface area contributed by atoms with Crippen LogP contribution in [0.1, 0.15) is 28.3 Å². The van der Waals surface area contributed by atoms with Gasteiger partial charge in [-0.25, -0.2) is 9.79 Å². The smallest absolute Gasteiger partial charge is 0.331 e. The molecule has 1 unspecified atom stereocenters. The van der Waals surface area contributed by atoms with Crippen molar-refractivity contribution in [2.75, 3.05) is 12.0 Å². The molecule has 5 rings (SSSR count). The lowest BCUT2D eigenvalue weighted by Gasteiger charge is -2.32. The number of benzene rings is 4. The Morgan fingerprint density at radius 3 is 2.32 bits per heavy atom. The predicted octanol–water partition coefficient (Wildman–Crippen LogP) is 6.86. The van der Waals surface area contributed by atoms with E-state index in [9.17, 15) is 9.90 Å². The van der Waals surface area contributed by atoms with Gasteiger partial charge >= 0.3 is 5.97 Å². The molecule has 4 aromatic carbocycles. The maximum Gasteiger partial charge on any atom is 0.331 e. The molecule has 1 heterocycles. The van der Waals surface area contributed by atoms with Crippen LogP contribution in [-0.4, -0.2) is 24.5 Å². The molecule has 1 aliphatic heterocycles. The number of anilines is 1. The molecular formula is C31H28N2O4. The summed E-state index contributed by atoms with van der Waals surface area (Å²) in [6.07, 6.45) is 1.61.